The van der Waals surface area contributed by atoms with Crippen LogP contribution in [0.5, 0.6) is 0 Å². The molecular weight excluding hydrogens is 298 g/mol. The number of aryl methyl sites for hydroxylation is 1. The first-order valence-corrected chi connectivity index (χ1v) is 7.04. The highest BCUT2D eigenvalue weighted by Crippen LogP contribution is 2.24. The molecular formula is C17H12ClN3O. The van der Waals surface area contributed by atoms with Crippen molar-refractivity contribution in [2.45, 2.75) is 6.92 Å². The number of allylic oxidation sites excluding steroid dienone is 1. The van der Waals surface area contributed by atoms with Gasteiger partial charge in [-0.25, -0.2) is 4.98 Å². The van der Waals surface area contributed by atoms with Crippen molar-refractivity contribution < 1.29 is 4.42 Å². The molecule has 0 bridgehead atoms. The molecule has 0 unspecified atom stereocenters. The number of rotatable bonds is 3. The summed E-state index contributed by atoms with van der Waals surface area (Å²) in [4.78, 5) is 4.30. The first-order valence-electron chi connectivity index (χ1n) is 6.66. The van der Waals surface area contributed by atoms with E-state index in [1.807, 2.05) is 31.2 Å². The first-order chi connectivity index (χ1) is 10.7. The summed E-state index contributed by atoms with van der Waals surface area (Å²) in [6.45, 7) is 1.99. The maximum absolute atomic E-state index is 9.32. The van der Waals surface area contributed by atoms with Crippen LogP contribution in [0.25, 0.3) is 16.7 Å². The lowest BCUT2D eigenvalue weighted by Gasteiger charge is -2.04. The second kappa shape index (κ2) is 5.92. The Kier molecular flexibility index (Phi) is 3.82. The van der Waals surface area contributed by atoms with Crippen LogP contribution in [-0.2, 0) is 0 Å². The number of para-hydroxylation sites is 1. The van der Waals surface area contributed by atoms with Crippen molar-refractivity contribution in [2.24, 2.45) is 0 Å². The van der Waals surface area contributed by atoms with Gasteiger partial charge in [0.1, 0.15) is 17.2 Å². The summed E-state index contributed by atoms with van der Waals surface area (Å²) < 4.78 is 5.59. The molecule has 22 heavy (non-hydrogen) atoms. The minimum absolute atomic E-state index is 0.265. The third kappa shape index (κ3) is 2.80. The summed E-state index contributed by atoms with van der Waals surface area (Å²) in [5.74, 6) is 0.265. The molecule has 1 N–H and O–H groups in total. The molecule has 0 aliphatic carbocycles. The minimum Gasteiger partial charge on any atom is -0.435 e. The van der Waals surface area contributed by atoms with E-state index in [1.165, 1.54) is 0 Å². The highest BCUT2D eigenvalue weighted by molar-refractivity contribution is 6.31. The third-order valence-corrected chi connectivity index (χ3v) is 3.45. The number of nitrogens with one attached hydrogen (secondary N) is 1. The molecule has 0 fully saturated rings. The second-order valence-electron chi connectivity index (χ2n) is 4.76. The van der Waals surface area contributed by atoms with Crippen molar-refractivity contribution in [3.63, 3.8) is 0 Å². The van der Waals surface area contributed by atoms with E-state index in [0.29, 0.717) is 21.7 Å². The Morgan fingerprint density at radius 2 is 2.14 bits per heavy atom. The van der Waals surface area contributed by atoms with E-state index in [1.54, 1.807) is 24.4 Å². The van der Waals surface area contributed by atoms with Gasteiger partial charge in [0.25, 0.3) is 0 Å². The van der Waals surface area contributed by atoms with Crippen molar-refractivity contribution in [1.82, 2.24) is 4.98 Å². The molecule has 1 heterocycles. The van der Waals surface area contributed by atoms with Gasteiger partial charge in [-0.05, 0) is 36.8 Å². The average molecular weight is 310 g/mol. The van der Waals surface area contributed by atoms with Gasteiger partial charge in [-0.2, -0.15) is 5.26 Å². The molecule has 0 radical (unpaired) electrons. The molecule has 0 amide bonds. The van der Waals surface area contributed by atoms with Gasteiger partial charge in [0.2, 0.25) is 5.89 Å². The van der Waals surface area contributed by atoms with Crippen molar-refractivity contribution in [2.75, 3.05) is 5.32 Å². The molecule has 0 aliphatic rings. The Bertz CT molecular complexity index is 906. The Hall–Kier alpha value is -2.77. The van der Waals surface area contributed by atoms with Gasteiger partial charge < -0.3 is 9.73 Å². The fourth-order valence-electron chi connectivity index (χ4n) is 2.04. The van der Waals surface area contributed by atoms with E-state index in [-0.39, 0.29) is 5.89 Å². The molecule has 0 spiro atoms. The maximum Gasteiger partial charge on any atom is 0.239 e. The van der Waals surface area contributed by atoms with Gasteiger partial charge >= 0.3 is 0 Å². The Morgan fingerprint density at radius 1 is 1.32 bits per heavy atom. The first kappa shape index (κ1) is 14.2. The van der Waals surface area contributed by atoms with Crippen molar-refractivity contribution >= 4 is 34.0 Å². The van der Waals surface area contributed by atoms with Crippen LogP contribution in [-0.4, -0.2) is 4.98 Å². The highest BCUT2D eigenvalue weighted by Gasteiger charge is 2.11. The molecule has 0 aliphatic heterocycles. The van der Waals surface area contributed by atoms with Gasteiger partial charge in [-0.1, -0.05) is 29.8 Å². The fourth-order valence-corrected chi connectivity index (χ4v) is 2.21. The van der Waals surface area contributed by atoms with Crippen LogP contribution in [0.2, 0.25) is 5.02 Å². The molecule has 4 nitrogen and oxygen atoms in total. The molecule has 5 heteroatoms. The van der Waals surface area contributed by atoms with E-state index in [9.17, 15) is 5.26 Å². The SMILES string of the molecule is Cc1ccccc1NC=C(C#N)c1nc2cc(Cl)ccc2o1. The number of benzene rings is 2. The van der Waals surface area contributed by atoms with Gasteiger partial charge in [0, 0.05) is 16.9 Å². The average Bonchev–Trinajstić information content (AvgIpc) is 2.92. The summed E-state index contributed by atoms with van der Waals surface area (Å²) in [6.07, 6.45) is 1.59. The second-order valence-corrected chi connectivity index (χ2v) is 5.20. The summed E-state index contributed by atoms with van der Waals surface area (Å²) in [5.41, 5.74) is 3.54. The summed E-state index contributed by atoms with van der Waals surface area (Å²) >= 11 is 5.93. The molecule has 0 atom stereocenters. The number of nitrogens with zero attached hydrogens (tertiary/aromatic N) is 2. The fraction of sp³-hybridized carbons (Fsp3) is 0.0588. The quantitative estimate of drug-likeness (QED) is 0.708. The number of halogens is 1. The number of aromatic nitrogens is 1. The largest absolute Gasteiger partial charge is 0.435 e. The molecule has 2 aromatic carbocycles. The number of hydrogen-bond acceptors (Lipinski definition) is 4. The zero-order chi connectivity index (χ0) is 15.5. The predicted molar refractivity (Wildman–Crippen MR) is 87.4 cm³/mol. The molecule has 3 aromatic rings. The molecule has 0 saturated carbocycles. The van der Waals surface area contributed by atoms with Crippen LogP contribution in [0.3, 0.4) is 0 Å². The lowest BCUT2D eigenvalue weighted by Crippen LogP contribution is -1.93. The zero-order valence-electron chi connectivity index (χ0n) is 11.8. The van der Waals surface area contributed by atoms with E-state index in [4.69, 9.17) is 16.0 Å². The lowest BCUT2D eigenvalue weighted by atomic mass is 10.2. The van der Waals surface area contributed by atoms with Crippen molar-refractivity contribution in [3.8, 4) is 6.07 Å². The van der Waals surface area contributed by atoms with Crippen LogP contribution in [0, 0.1) is 18.3 Å². The van der Waals surface area contributed by atoms with Gasteiger partial charge in [0.15, 0.2) is 5.58 Å². The number of oxazole rings is 1. The molecule has 0 saturated heterocycles. The predicted octanol–water partition coefficient (Wildman–Crippen LogP) is 4.77. The van der Waals surface area contributed by atoms with E-state index < -0.39 is 0 Å². The minimum atomic E-state index is 0.265. The number of anilines is 1. The van der Waals surface area contributed by atoms with Gasteiger partial charge in [-0.3, -0.25) is 0 Å². The smallest absolute Gasteiger partial charge is 0.239 e. The normalized spacial score (nSPS) is 11.4. The zero-order valence-corrected chi connectivity index (χ0v) is 12.6. The van der Waals surface area contributed by atoms with Crippen molar-refractivity contribution in [1.29, 1.82) is 5.26 Å². The topological polar surface area (TPSA) is 61.9 Å². The van der Waals surface area contributed by atoms with Crippen LogP contribution >= 0.6 is 11.6 Å². The Morgan fingerprint density at radius 3 is 2.91 bits per heavy atom. The maximum atomic E-state index is 9.32. The summed E-state index contributed by atoms with van der Waals surface area (Å²) in [7, 11) is 0. The lowest BCUT2D eigenvalue weighted by molar-refractivity contribution is 0.586. The molecule has 3 rings (SSSR count). The van der Waals surface area contributed by atoms with E-state index in [2.05, 4.69) is 16.4 Å². The van der Waals surface area contributed by atoms with Crippen molar-refractivity contribution in [3.05, 3.63) is 65.1 Å². The molecule has 108 valence electrons. The number of fused-ring (bicyclic) bond motifs is 1. The van der Waals surface area contributed by atoms with Crippen LogP contribution in [0.15, 0.2) is 53.1 Å². The van der Waals surface area contributed by atoms with Crippen LogP contribution < -0.4 is 5.32 Å². The van der Waals surface area contributed by atoms with E-state index >= 15 is 0 Å². The van der Waals surface area contributed by atoms with Crippen LogP contribution in [0.1, 0.15) is 11.5 Å². The molecule has 1 aromatic heterocycles. The summed E-state index contributed by atoms with van der Waals surface area (Å²) in [5, 5.41) is 13.0. The number of hydrogen-bond donors (Lipinski definition) is 1. The highest BCUT2D eigenvalue weighted by atomic mass is 35.5. The third-order valence-electron chi connectivity index (χ3n) is 3.22. The van der Waals surface area contributed by atoms with Gasteiger partial charge in [0.05, 0.1) is 0 Å². The summed E-state index contributed by atoms with van der Waals surface area (Å²) in [6, 6.07) is 15.1. The van der Waals surface area contributed by atoms with Crippen LogP contribution in [0.4, 0.5) is 5.69 Å². The Labute approximate surface area is 132 Å². The van der Waals surface area contributed by atoms with E-state index in [0.717, 1.165) is 11.3 Å². The monoisotopic (exact) mass is 309 g/mol. The number of nitriles is 1. The van der Waals surface area contributed by atoms with Gasteiger partial charge in [-0.15, -0.1) is 0 Å². The Balaban J connectivity index is 1.94. The standard InChI is InChI=1S/C17H12ClN3O/c1-11-4-2-3-5-14(11)20-10-12(9-19)17-21-15-8-13(18)6-7-16(15)22-17/h2-8,10,20H,1H3.